The fourth-order valence-corrected chi connectivity index (χ4v) is 2.67. The van der Waals surface area contributed by atoms with Crippen LogP contribution in [0.5, 0.6) is 5.75 Å². The number of amides is 1. The molecule has 8 nitrogen and oxygen atoms in total. The van der Waals surface area contributed by atoms with Gasteiger partial charge in [-0.1, -0.05) is 26.2 Å². The van der Waals surface area contributed by atoms with E-state index in [4.69, 9.17) is 4.74 Å². The number of aliphatic hydroxyl groups excluding tert-OH is 1. The fraction of sp³-hybridized carbons (Fsp3) is 0.579. The zero-order valence-electron chi connectivity index (χ0n) is 15.9. The summed E-state index contributed by atoms with van der Waals surface area (Å²) in [6.45, 7) is 4.44. The van der Waals surface area contributed by atoms with Gasteiger partial charge in [0.15, 0.2) is 6.29 Å². The van der Waals surface area contributed by atoms with Crippen LogP contribution in [-0.4, -0.2) is 46.5 Å². The maximum absolute atomic E-state index is 12.3. The highest BCUT2D eigenvalue weighted by Gasteiger charge is 2.17. The Kier molecular flexibility index (Phi) is 10.0. The van der Waals surface area contributed by atoms with Gasteiger partial charge in [0.1, 0.15) is 12.0 Å². The summed E-state index contributed by atoms with van der Waals surface area (Å²) in [6, 6.07) is 3.95. The Morgan fingerprint density at radius 1 is 1.33 bits per heavy atom. The molecule has 1 amide bonds. The number of nitrogens with zero attached hydrogens (tertiary/aromatic N) is 2. The zero-order chi connectivity index (χ0) is 20.2. The lowest BCUT2D eigenvalue weighted by Gasteiger charge is -2.25. The first-order valence-corrected chi connectivity index (χ1v) is 9.24. The third-order valence-electron chi connectivity index (χ3n) is 4.15. The molecule has 0 saturated carbocycles. The van der Waals surface area contributed by atoms with Crippen molar-refractivity contribution in [3.63, 3.8) is 0 Å². The third kappa shape index (κ3) is 7.74. The minimum atomic E-state index is -0.829. The summed E-state index contributed by atoms with van der Waals surface area (Å²) in [5, 5.41) is 20.6. The molecule has 0 radical (unpaired) electrons. The summed E-state index contributed by atoms with van der Waals surface area (Å²) in [7, 11) is 0. The Balaban J connectivity index is 2.46. The average Bonchev–Trinajstić information content (AvgIpc) is 2.64. The number of hydrogen-bond donors (Lipinski definition) is 1. The molecular formula is C19H28N2O6. The smallest absolute Gasteiger partial charge is 0.280 e. The minimum Gasteiger partial charge on any atom is -0.494 e. The highest BCUT2D eigenvalue weighted by Crippen LogP contribution is 2.22. The molecule has 0 aliphatic heterocycles. The first kappa shape index (κ1) is 22.6. The molecular weight excluding hydrogens is 352 g/mol. The molecule has 1 rings (SSSR count). The highest BCUT2D eigenvalue weighted by molar-refractivity contribution is 5.82. The number of benzene rings is 1. The van der Waals surface area contributed by atoms with Crippen LogP contribution >= 0.6 is 0 Å². The lowest BCUT2D eigenvalue weighted by atomic mass is 10.2. The van der Waals surface area contributed by atoms with Crippen molar-refractivity contribution < 1.29 is 24.4 Å². The van der Waals surface area contributed by atoms with Crippen molar-refractivity contribution in [1.82, 2.24) is 4.90 Å². The molecule has 0 aliphatic carbocycles. The van der Waals surface area contributed by atoms with Gasteiger partial charge in [-0.2, -0.15) is 0 Å². The van der Waals surface area contributed by atoms with E-state index >= 15 is 0 Å². The number of ether oxygens (including phenoxy) is 1. The van der Waals surface area contributed by atoms with E-state index in [2.05, 4.69) is 6.92 Å². The van der Waals surface area contributed by atoms with E-state index < -0.39 is 11.2 Å². The topological polar surface area (TPSA) is 110 Å². The van der Waals surface area contributed by atoms with Crippen molar-refractivity contribution in [3.8, 4) is 5.75 Å². The van der Waals surface area contributed by atoms with Crippen LogP contribution in [0.2, 0.25) is 0 Å². The number of carbonyl (C=O) groups is 2. The molecule has 1 N–H and O–H groups in total. The molecule has 0 bridgehead atoms. The standard InChI is InChI=1S/C19H28N2O6/c1-3-4-5-6-11-20(15(2)23)19(24)8-7-12-27-17-9-10-18(21(25)26)16(13-17)14-22/h9-10,13-15,23H,3-8,11-12H2,1-2H3. The second-order valence-electron chi connectivity index (χ2n) is 6.33. The largest absolute Gasteiger partial charge is 0.494 e. The monoisotopic (exact) mass is 380 g/mol. The molecule has 1 atom stereocenters. The molecule has 0 fully saturated rings. The molecule has 0 spiro atoms. The van der Waals surface area contributed by atoms with E-state index in [1.807, 2.05) is 0 Å². The fourth-order valence-electron chi connectivity index (χ4n) is 2.67. The predicted molar refractivity (Wildman–Crippen MR) is 101 cm³/mol. The number of nitro benzene ring substituents is 1. The summed E-state index contributed by atoms with van der Waals surface area (Å²) in [4.78, 5) is 34.8. The second-order valence-corrected chi connectivity index (χ2v) is 6.33. The van der Waals surface area contributed by atoms with Crippen LogP contribution in [0.25, 0.3) is 0 Å². The van der Waals surface area contributed by atoms with E-state index in [1.165, 1.54) is 23.1 Å². The van der Waals surface area contributed by atoms with Gasteiger partial charge in [0.05, 0.1) is 17.1 Å². The van der Waals surface area contributed by atoms with Crippen molar-refractivity contribution in [2.45, 2.75) is 58.6 Å². The SMILES string of the molecule is CCCCCCN(C(=O)CCCOc1ccc([N+](=O)[O-])c(C=O)c1)C(C)O. The van der Waals surface area contributed by atoms with Gasteiger partial charge >= 0.3 is 0 Å². The Hall–Kier alpha value is -2.48. The van der Waals surface area contributed by atoms with Crippen molar-refractivity contribution in [2.24, 2.45) is 0 Å². The van der Waals surface area contributed by atoms with Crippen molar-refractivity contribution in [2.75, 3.05) is 13.2 Å². The van der Waals surface area contributed by atoms with Gasteiger partial charge in [-0.05, 0) is 31.9 Å². The number of unbranched alkanes of at least 4 members (excludes halogenated alkanes) is 3. The van der Waals surface area contributed by atoms with E-state index in [0.29, 0.717) is 25.0 Å². The number of aliphatic hydroxyl groups is 1. The summed E-state index contributed by atoms with van der Waals surface area (Å²) in [6.07, 6.45) is 4.34. The maximum Gasteiger partial charge on any atom is 0.280 e. The lowest BCUT2D eigenvalue weighted by Crippen LogP contribution is -2.39. The number of rotatable bonds is 13. The van der Waals surface area contributed by atoms with E-state index in [9.17, 15) is 24.8 Å². The van der Waals surface area contributed by atoms with Crippen molar-refractivity contribution in [1.29, 1.82) is 0 Å². The quantitative estimate of drug-likeness (QED) is 0.185. The van der Waals surface area contributed by atoms with Gasteiger partial charge in [-0.15, -0.1) is 0 Å². The van der Waals surface area contributed by atoms with Crippen molar-refractivity contribution in [3.05, 3.63) is 33.9 Å². The predicted octanol–water partition coefficient (Wildman–Crippen LogP) is 3.31. The van der Waals surface area contributed by atoms with E-state index in [-0.39, 0.29) is 30.2 Å². The summed E-state index contributed by atoms with van der Waals surface area (Å²) in [5.74, 6) is 0.199. The van der Waals surface area contributed by atoms with Gasteiger partial charge in [0.25, 0.3) is 5.69 Å². The highest BCUT2D eigenvalue weighted by atomic mass is 16.6. The van der Waals surface area contributed by atoms with Gasteiger partial charge in [-0.25, -0.2) is 0 Å². The van der Waals surface area contributed by atoms with Gasteiger partial charge < -0.3 is 14.7 Å². The Morgan fingerprint density at radius 3 is 2.67 bits per heavy atom. The van der Waals surface area contributed by atoms with Gasteiger partial charge in [-0.3, -0.25) is 19.7 Å². The normalized spacial score (nSPS) is 11.7. The summed E-state index contributed by atoms with van der Waals surface area (Å²) >= 11 is 0. The first-order chi connectivity index (χ1) is 12.9. The number of aldehydes is 1. The lowest BCUT2D eigenvalue weighted by molar-refractivity contribution is -0.385. The van der Waals surface area contributed by atoms with Crippen LogP contribution in [0.15, 0.2) is 18.2 Å². The summed E-state index contributed by atoms with van der Waals surface area (Å²) in [5.41, 5.74) is -0.330. The molecule has 8 heteroatoms. The number of hydrogen-bond acceptors (Lipinski definition) is 6. The molecule has 0 aromatic heterocycles. The Labute approximate surface area is 159 Å². The van der Waals surface area contributed by atoms with E-state index in [0.717, 1.165) is 25.7 Å². The number of nitro groups is 1. The molecule has 1 aromatic rings. The Bertz CT molecular complexity index is 633. The number of carbonyl (C=O) groups excluding carboxylic acids is 2. The Morgan fingerprint density at radius 2 is 2.07 bits per heavy atom. The van der Waals surface area contributed by atoms with Crippen molar-refractivity contribution >= 4 is 17.9 Å². The zero-order valence-corrected chi connectivity index (χ0v) is 15.9. The molecule has 0 aliphatic rings. The summed E-state index contributed by atoms with van der Waals surface area (Å²) < 4.78 is 5.47. The molecule has 27 heavy (non-hydrogen) atoms. The van der Waals surface area contributed by atoms with Crippen LogP contribution in [0.4, 0.5) is 5.69 Å². The van der Waals surface area contributed by atoms with Crippen LogP contribution < -0.4 is 4.74 Å². The van der Waals surface area contributed by atoms with Crippen LogP contribution in [0, 0.1) is 10.1 Å². The minimum absolute atomic E-state index is 0.0547. The third-order valence-corrected chi connectivity index (χ3v) is 4.15. The molecule has 0 heterocycles. The molecule has 1 unspecified atom stereocenters. The van der Waals surface area contributed by atoms with E-state index in [1.54, 1.807) is 6.92 Å². The average molecular weight is 380 g/mol. The van der Waals surface area contributed by atoms with Crippen LogP contribution in [0.3, 0.4) is 0 Å². The van der Waals surface area contributed by atoms with Gasteiger partial charge in [0.2, 0.25) is 5.91 Å². The first-order valence-electron chi connectivity index (χ1n) is 9.24. The van der Waals surface area contributed by atoms with Crippen LogP contribution in [-0.2, 0) is 4.79 Å². The van der Waals surface area contributed by atoms with Gasteiger partial charge in [0, 0.05) is 19.0 Å². The molecule has 0 saturated heterocycles. The second kappa shape index (κ2) is 12.0. The molecule has 150 valence electrons. The van der Waals surface area contributed by atoms with Crippen LogP contribution in [0.1, 0.15) is 62.7 Å². The molecule has 1 aromatic carbocycles. The maximum atomic E-state index is 12.3.